The van der Waals surface area contributed by atoms with Crippen LogP contribution in [0, 0.1) is 0 Å². The maximum atomic E-state index is 12.2. The SMILES string of the molecule is O=c1cc(CN2CCN(Cc3ccc4c(c3)OCO4)CC2)c2cc3c(cc2o1)CCC3. The highest BCUT2D eigenvalue weighted by Gasteiger charge is 2.21. The minimum atomic E-state index is -0.248. The summed E-state index contributed by atoms with van der Waals surface area (Å²) in [5, 5.41) is 1.10. The summed E-state index contributed by atoms with van der Waals surface area (Å²) in [5.74, 6) is 1.68. The van der Waals surface area contributed by atoms with Gasteiger partial charge in [-0.25, -0.2) is 4.79 Å². The van der Waals surface area contributed by atoms with Crippen LogP contribution < -0.4 is 15.1 Å². The molecule has 1 saturated heterocycles. The van der Waals surface area contributed by atoms with Crippen LogP contribution in [0.4, 0.5) is 0 Å². The lowest BCUT2D eigenvalue weighted by atomic mass is 10.0. The van der Waals surface area contributed by atoms with Crippen molar-refractivity contribution >= 4 is 11.0 Å². The molecule has 0 unspecified atom stereocenters. The zero-order valence-electron chi connectivity index (χ0n) is 17.6. The zero-order valence-corrected chi connectivity index (χ0v) is 17.6. The average molecular weight is 418 g/mol. The maximum Gasteiger partial charge on any atom is 0.336 e. The number of benzene rings is 2. The van der Waals surface area contributed by atoms with Crippen molar-refractivity contribution in [3.63, 3.8) is 0 Å². The van der Waals surface area contributed by atoms with Gasteiger partial charge in [0.2, 0.25) is 6.79 Å². The van der Waals surface area contributed by atoms with Gasteiger partial charge in [-0.2, -0.15) is 0 Å². The van der Waals surface area contributed by atoms with Crippen LogP contribution in [-0.2, 0) is 25.9 Å². The third-order valence-electron chi connectivity index (χ3n) is 6.74. The van der Waals surface area contributed by atoms with Crippen LogP contribution in [0.1, 0.15) is 28.7 Å². The minimum Gasteiger partial charge on any atom is -0.454 e. The van der Waals surface area contributed by atoms with E-state index in [0.29, 0.717) is 6.79 Å². The highest BCUT2D eigenvalue weighted by molar-refractivity contribution is 5.82. The molecule has 0 saturated carbocycles. The van der Waals surface area contributed by atoms with Crippen LogP contribution in [0.15, 0.2) is 45.6 Å². The van der Waals surface area contributed by atoms with Gasteiger partial charge in [-0.1, -0.05) is 6.07 Å². The van der Waals surface area contributed by atoms with E-state index in [2.05, 4.69) is 34.1 Å². The Morgan fingerprint density at radius 2 is 1.55 bits per heavy atom. The third-order valence-corrected chi connectivity index (χ3v) is 6.74. The quantitative estimate of drug-likeness (QED) is 0.606. The molecule has 2 aromatic carbocycles. The van der Waals surface area contributed by atoms with Gasteiger partial charge in [-0.05, 0) is 65.8 Å². The van der Waals surface area contributed by atoms with Gasteiger partial charge in [0.1, 0.15) is 5.58 Å². The third kappa shape index (κ3) is 3.70. The Morgan fingerprint density at radius 1 is 0.806 bits per heavy atom. The molecular formula is C25H26N2O4. The van der Waals surface area contributed by atoms with Crippen LogP contribution in [0.25, 0.3) is 11.0 Å². The number of aryl methyl sites for hydroxylation is 2. The Bertz CT molecular complexity index is 1190. The van der Waals surface area contributed by atoms with E-state index < -0.39 is 0 Å². The molecule has 2 aliphatic heterocycles. The van der Waals surface area contributed by atoms with Crippen LogP contribution in [-0.4, -0.2) is 42.8 Å². The number of fused-ring (bicyclic) bond motifs is 3. The van der Waals surface area contributed by atoms with E-state index in [1.165, 1.54) is 23.1 Å². The summed E-state index contributed by atoms with van der Waals surface area (Å²) < 4.78 is 16.4. The minimum absolute atomic E-state index is 0.248. The lowest BCUT2D eigenvalue weighted by molar-refractivity contribution is 0.122. The van der Waals surface area contributed by atoms with Crippen molar-refractivity contribution in [1.29, 1.82) is 0 Å². The highest BCUT2D eigenvalue weighted by atomic mass is 16.7. The van der Waals surface area contributed by atoms with E-state index in [0.717, 1.165) is 80.1 Å². The Hall–Kier alpha value is -2.83. The van der Waals surface area contributed by atoms with Gasteiger partial charge in [0, 0.05) is 50.7 Å². The number of hydrogen-bond donors (Lipinski definition) is 0. The largest absolute Gasteiger partial charge is 0.454 e. The van der Waals surface area contributed by atoms with E-state index in [4.69, 9.17) is 13.9 Å². The fourth-order valence-electron chi connectivity index (χ4n) is 5.07. The van der Waals surface area contributed by atoms with Crippen molar-refractivity contribution in [3.05, 3.63) is 69.1 Å². The molecule has 3 heterocycles. The second-order valence-electron chi connectivity index (χ2n) is 8.80. The molecule has 3 aliphatic rings. The van der Waals surface area contributed by atoms with Gasteiger partial charge in [0.25, 0.3) is 0 Å². The summed E-state index contributed by atoms with van der Waals surface area (Å²) in [7, 11) is 0. The van der Waals surface area contributed by atoms with Crippen molar-refractivity contribution in [2.45, 2.75) is 32.4 Å². The second kappa shape index (κ2) is 7.70. The smallest absolute Gasteiger partial charge is 0.336 e. The predicted octanol–water partition coefficient (Wildman–Crippen LogP) is 3.33. The molecule has 6 rings (SSSR count). The molecular weight excluding hydrogens is 392 g/mol. The summed E-state index contributed by atoms with van der Waals surface area (Å²) in [6.07, 6.45) is 3.41. The monoisotopic (exact) mass is 418 g/mol. The van der Waals surface area contributed by atoms with E-state index in [1.54, 1.807) is 6.07 Å². The van der Waals surface area contributed by atoms with Gasteiger partial charge in [0.15, 0.2) is 11.5 Å². The normalized spacial score (nSPS) is 18.6. The summed E-state index contributed by atoms with van der Waals surface area (Å²) in [6.45, 7) is 5.99. The molecule has 160 valence electrons. The van der Waals surface area contributed by atoms with Crippen molar-refractivity contribution in [1.82, 2.24) is 9.80 Å². The van der Waals surface area contributed by atoms with E-state index in [9.17, 15) is 4.79 Å². The van der Waals surface area contributed by atoms with Crippen LogP contribution >= 0.6 is 0 Å². The summed E-state index contributed by atoms with van der Waals surface area (Å²) in [4.78, 5) is 17.1. The van der Waals surface area contributed by atoms with Gasteiger partial charge in [-0.15, -0.1) is 0 Å². The molecule has 1 fully saturated rings. The topological polar surface area (TPSA) is 55.2 Å². The molecule has 0 bridgehead atoms. The fraction of sp³-hybridized carbons (Fsp3) is 0.400. The Labute approximate surface area is 181 Å². The summed E-state index contributed by atoms with van der Waals surface area (Å²) in [5.41, 5.74) is 5.58. The number of rotatable bonds is 4. The van der Waals surface area contributed by atoms with Crippen LogP contribution in [0.5, 0.6) is 11.5 Å². The summed E-state index contributed by atoms with van der Waals surface area (Å²) >= 11 is 0. The lowest BCUT2D eigenvalue weighted by Crippen LogP contribution is -2.45. The Morgan fingerprint density at radius 3 is 2.39 bits per heavy atom. The van der Waals surface area contributed by atoms with Crippen molar-refractivity contribution in [2.75, 3.05) is 33.0 Å². The zero-order chi connectivity index (χ0) is 20.8. The molecule has 3 aromatic rings. The first kappa shape index (κ1) is 18.9. The fourth-order valence-corrected chi connectivity index (χ4v) is 5.07. The van der Waals surface area contributed by atoms with E-state index in [1.807, 2.05) is 6.07 Å². The van der Waals surface area contributed by atoms with Crippen molar-refractivity contribution < 1.29 is 13.9 Å². The van der Waals surface area contributed by atoms with Crippen molar-refractivity contribution in [2.24, 2.45) is 0 Å². The molecule has 0 radical (unpaired) electrons. The second-order valence-corrected chi connectivity index (χ2v) is 8.80. The number of hydrogen-bond acceptors (Lipinski definition) is 6. The number of piperazine rings is 1. The highest BCUT2D eigenvalue weighted by Crippen LogP contribution is 2.33. The maximum absolute atomic E-state index is 12.2. The molecule has 1 aromatic heterocycles. The molecule has 6 nitrogen and oxygen atoms in total. The Kier molecular flexibility index (Phi) is 4.69. The number of nitrogens with zero attached hydrogens (tertiary/aromatic N) is 2. The van der Waals surface area contributed by atoms with Crippen molar-refractivity contribution in [3.8, 4) is 11.5 Å². The standard InChI is InChI=1S/C25H26N2O4/c28-25-13-20(21-11-18-2-1-3-19(18)12-23(21)31-25)15-27-8-6-26(7-9-27)14-17-4-5-22-24(10-17)30-16-29-22/h4-5,10-13H,1-3,6-9,14-16H2. The van der Waals surface area contributed by atoms with Crippen LogP contribution in [0.2, 0.25) is 0 Å². The molecule has 0 atom stereocenters. The lowest BCUT2D eigenvalue weighted by Gasteiger charge is -2.34. The first-order valence-corrected chi connectivity index (χ1v) is 11.1. The summed E-state index contributed by atoms with van der Waals surface area (Å²) in [6, 6.07) is 12.2. The molecule has 31 heavy (non-hydrogen) atoms. The first-order valence-electron chi connectivity index (χ1n) is 11.1. The van der Waals surface area contributed by atoms with E-state index in [-0.39, 0.29) is 5.63 Å². The number of ether oxygens (including phenoxy) is 2. The van der Waals surface area contributed by atoms with Crippen LogP contribution in [0.3, 0.4) is 0 Å². The molecule has 1 aliphatic carbocycles. The molecule has 0 spiro atoms. The van der Waals surface area contributed by atoms with E-state index >= 15 is 0 Å². The molecule has 0 N–H and O–H groups in total. The van der Waals surface area contributed by atoms with Gasteiger partial charge in [-0.3, -0.25) is 9.80 Å². The van der Waals surface area contributed by atoms with Gasteiger partial charge >= 0.3 is 5.63 Å². The molecule has 6 heteroatoms. The first-order chi connectivity index (χ1) is 15.2. The predicted molar refractivity (Wildman–Crippen MR) is 118 cm³/mol. The van der Waals surface area contributed by atoms with Gasteiger partial charge < -0.3 is 13.9 Å². The van der Waals surface area contributed by atoms with Gasteiger partial charge in [0.05, 0.1) is 0 Å². The average Bonchev–Trinajstić information content (AvgIpc) is 3.42. The Balaban J connectivity index is 1.14. The molecule has 0 amide bonds.